The standard InChI is InChI=1S/C25H22N4O4S2/c1-15-24(35-25(27-15)17-4-3-5-18(11-17)31-2)19-7-9-23(29-28-19)34-13-22(30)26-12-16-6-8-20-21(10-16)33-14-32-20/h3-11H,12-14H2,1-2H3,(H,26,30). The molecular weight excluding hydrogens is 484 g/mol. The van der Waals surface area contributed by atoms with Gasteiger partial charge < -0.3 is 19.5 Å². The Kier molecular flexibility index (Phi) is 6.82. The maximum absolute atomic E-state index is 12.3. The molecule has 5 rings (SSSR count). The van der Waals surface area contributed by atoms with Gasteiger partial charge in [0.1, 0.15) is 21.5 Å². The molecule has 0 aliphatic carbocycles. The number of carbonyl (C=O) groups is 1. The molecule has 0 spiro atoms. The van der Waals surface area contributed by atoms with Gasteiger partial charge in [0, 0.05) is 12.1 Å². The largest absolute Gasteiger partial charge is 0.497 e. The van der Waals surface area contributed by atoms with Gasteiger partial charge in [-0.2, -0.15) is 0 Å². The first-order valence-electron chi connectivity index (χ1n) is 10.8. The summed E-state index contributed by atoms with van der Waals surface area (Å²) in [5, 5.41) is 13.2. The minimum absolute atomic E-state index is 0.0835. The number of carbonyl (C=O) groups excluding carboxylic acids is 1. The van der Waals surface area contributed by atoms with Crippen molar-refractivity contribution < 1.29 is 19.0 Å². The molecule has 3 heterocycles. The van der Waals surface area contributed by atoms with Crippen LogP contribution in [-0.4, -0.2) is 40.7 Å². The van der Waals surface area contributed by atoms with E-state index in [1.165, 1.54) is 11.8 Å². The monoisotopic (exact) mass is 506 g/mol. The summed E-state index contributed by atoms with van der Waals surface area (Å²) in [7, 11) is 1.65. The Morgan fingerprint density at radius 3 is 2.83 bits per heavy atom. The Labute approximate surface area is 210 Å². The lowest BCUT2D eigenvalue weighted by atomic mass is 10.2. The summed E-state index contributed by atoms with van der Waals surface area (Å²) < 4.78 is 16.0. The molecule has 0 atom stereocenters. The SMILES string of the molecule is COc1cccc(-c2nc(C)c(-c3ccc(SCC(=O)NCc4ccc5c(c4)OCO5)nn3)s2)c1. The molecule has 1 amide bonds. The Balaban J connectivity index is 1.17. The minimum atomic E-state index is -0.0835. The maximum atomic E-state index is 12.3. The van der Waals surface area contributed by atoms with Gasteiger partial charge in [0.2, 0.25) is 12.7 Å². The van der Waals surface area contributed by atoms with Crippen molar-refractivity contribution in [1.29, 1.82) is 0 Å². The molecular formula is C25H22N4O4S2. The number of fused-ring (bicyclic) bond motifs is 1. The second kappa shape index (κ2) is 10.3. The van der Waals surface area contributed by atoms with Crippen LogP contribution in [0.4, 0.5) is 0 Å². The molecule has 2 aromatic heterocycles. The van der Waals surface area contributed by atoms with Gasteiger partial charge in [-0.3, -0.25) is 4.79 Å². The summed E-state index contributed by atoms with van der Waals surface area (Å²) in [4.78, 5) is 18.0. The zero-order chi connectivity index (χ0) is 24.2. The fourth-order valence-corrected chi connectivity index (χ4v) is 5.15. The van der Waals surface area contributed by atoms with Gasteiger partial charge in [-0.1, -0.05) is 30.0 Å². The number of rotatable bonds is 8. The van der Waals surface area contributed by atoms with Gasteiger partial charge >= 0.3 is 0 Å². The van der Waals surface area contributed by atoms with Gasteiger partial charge in [-0.25, -0.2) is 4.98 Å². The third kappa shape index (κ3) is 5.39. The molecule has 1 N–H and O–H groups in total. The van der Waals surface area contributed by atoms with Crippen molar-refractivity contribution >= 4 is 29.0 Å². The highest BCUT2D eigenvalue weighted by molar-refractivity contribution is 7.99. The fourth-order valence-electron chi connectivity index (χ4n) is 3.47. The molecule has 4 aromatic rings. The van der Waals surface area contributed by atoms with Crippen molar-refractivity contribution in [3.63, 3.8) is 0 Å². The molecule has 8 nitrogen and oxygen atoms in total. The number of aryl methyl sites for hydroxylation is 1. The van der Waals surface area contributed by atoms with E-state index in [4.69, 9.17) is 19.2 Å². The molecule has 35 heavy (non-hydrogen) atoms. The number of nitrogens with one attached hydrogen (secondary N) is 1. The quantitative estimate of drug-likeness (QED) is 0.343. The summed E-state index contributed by atoms with van der Waals surface area (Å²) in [6.45, 7) is 2.61. The van der Waals surface area contributed by atoms with Gasteiger partial charge in [0.25, 0.3) is 0 Å². The fraction of sp³-hybridized carbons (Fsp3) is 0.200. The second-order valence-corrected chi connectivity index (χ2v) is 9.67. The molecule has 0 radical (unpaired) electrons. The maximum Gasteiger partial charge on any atom is 0.231 e. The lowest BCUT2D eigenvalue weighted by Crippen LogP contribution is -2.24. The number of nitrogens with zero attached hydrogens (tertiary/aromatic N) is 3. The van der Waals surface area contributed by atoms with Crippen molar-refractivity contribution in [2.75, 3.05) is 19.7 Å². The topological polar surface area (TPSA) is 95.5 Å². The summed E-state index contributed by atoms with van der Waals surface area (Å²) in [6.07, 6.45) is 0. The highest BCUT2D eigenvalue weighted by Crippen LogP contribution is 2.35. The van der Waals surface area contributed by atoms with Crippen LogP contribution in [0.25, 0.3) is 21.1 Å². The van der Waals surface area contributed by atoms with Crippen LogP contribution in [0, 0.1) is 6.92 Å². The van der Waals surface area contributed by atoms with Gasteiger partial charge in [0.05, 0.1) is 23.4 Å². The third-order valence-electron chi connectivity index (χ3n) is 5.26. The zero-order valence-electron chi connectivity index (χ0n) is 19.1. The molecule has 1 aliphatic rings. The minimum Gasteiger partial charge on any atom is -0.497 e. The Hall–Kier alpha value is -3.63. The van der Waals surface area contributed by atoms with E-state index >= 15 is 0 Å². The number of aromatic nitrogens is 3. The Bertz CT molecular complexity index is 1360. The number of hydrogen-bond donors (Lipinski definition) is 1. The predicted octanol–water partition coefficient (Wildman–Crippen LogP) is 4.72. The summed E-state index contributed by atoms with van der Waals surface area (Å²) in [5.74, 6) is 2.38. The van der Waals surface area contributed by atoms with Crippen LogP contribution in [0.2, 0.25) is 0 Å². The average molecular weight is 507 g/mol. The zero-order valence-corrected chi connectivity index (χ0v) is 20.7. The van der Waals surface area contributed by atoms with Crippen molar-refractivity contribution in [2.45, 2.75) is 18.5 Å². The molecule has 2 aromatic carbocycles. The van der Waals surface area contributed by atoms with E-state index in [-0.39, 0.29) is 18.5 Å². The van der Waals surface area contributed by atoms with Gasteiger partial charge in [-0.05, 0) is 48.9 Å². The highest BCUT2D eigenvalue weighted by atomic mass is 32.2. The molecule has 0 saturated carbocycles. The molecule has 0 bridgehead atoms. The lowest BCUT2D eigenvalue weighted by molar-refractivity contribution is -0.118. The molecule has 0 unspecified atom stereocenters. The molecule has 0 fully saturated rings. The first kappa shape index (κ1) is 23.1. The number of thiazole rings is 1. The number of hydrogen-bond acceptors (Lipinski definition) is 9. The van der Waals surface area contributed by atoms with Gasteiger partial charge in [-0.15, -0.1) is 21.5 Å². The van der Waals surface area contributed by atoms with Crippen molar-refractivity contribution in [3.8, 4) is 38.4 Å². The first-order valence-corrected chi connectivity index (χ1v) is 12.6. The second-order valence-electron chi connectivity index (χ2n) is 7.68. The average Bonchev–Trinajstić information content (AvgIpc) is 3.52. The van der Waals surface area contributed by atoms with Crippen molar-refractivity contribution in [3.05, 3.63) is 65.9 Å². The summed E-state index contributed by atoms with van der Waals surface area (Å²) >= 11 is 2.91. The van der Waals surface area contributed by atoms with E-state index in [1.54, 1.807) is 18.4 Å². The van der Waals surface area contributed by atoms with Crippen LogP contribution >= 0.6 is 23.1 Å². The third-order valence-corrected chi connectivity index (χ3v) is 7.41. The molecule has 1 aliphatic heterocycles. The van der Waals surface area contributed by atoms with Crippen LogP contribution in [0.5, 0.6) is 17.2 Å². The Morgan fingerprint density at radius 2 is 2.00 bits per heavy atom. The number of benzene rings is 2. The first-order chi connectivity index (χ1) is 17.1. The Morgan fingerprint density at radius 1 is 1.11 bits per heavy atom. The van der Waals surface area contributed by atoms with Crippen LogP contribution in [0.1, 0.15) is 11.3 Å². The summed E-state index contributed by atoms with van der Waals surface area (Å²) in [6, 6.07) is 17.2. The van der Waals surface area contributed by atoms with E-state index in [9.17, 15) is 4.79 Å². The summed E-state index contributed by atoms with van der Waals surface area (Å²) in [5.41, 5.74) is 3.59. The van der Waals surface area contributed by atoms with E-state index in [2.05, 4.69) is 15.5 Å². The molecule has 10 heteroatoms. The number of ether oxygens (including phenoxy) is 3. The molecule has 0 saturated heterocycles. The van der Waals surface area contributed by atoms with E-state index in [0.717, 1.165) is 43.9 Å². The van der Waals surface area contributed by atoms with Crippen LogP contribution in [-0.2, 0) is 11.3 Å². The van der Waals surface area contributed by atoms with Crippen LogP contribution in [0.3, 0.4) is 0 Å². The van der Waals surface area contributed by atoms with E-state index in [1.807, 2.05) is 61.5 Å². The lowest BCUT2D eigenvalue weighted by Gasteiger charge is -2.06. The van der Waals surface area contributed by atoms with E-state index in [0.29, 0.717) is 17.3 Å². The molecule has 178 valence electrons. The smallest absolute Gasteiger partial charge is 0.231 e. The van der Waals surface area contributed by atoms with Crippen LogP contribution in [0.15, 0.2) is 59.6 Å². The van der Waals surface area contributed by atoms with Crippen LogP contribution < -0.4 is 19.5 Å². The van der Waals surface area contributed by atoms with Crippen molar-refractivity contribution in [2.24, 2.45) is 0 Å². The predicted molar refractivity (Wildman–Crippen MR) is 135 cm³/mol. The number of thioether (sulfide) groups is 1. The van der Waals surface area contributed by atoms with Gasteiger partial charge in [0.15, 0.2) is 11.5 Å². The van der Waals surface area contributed by atoms with Crippen molar-refractivity contribution in [1.82, 2.24) is 20.5 Å². The number of methoxy groups -OCH3 is 1. The highest BCUT2D eigenvalue weighted by Gasteiger charge is 2.15. The normalized spacial score (nSPS) is 11.9. The van der Waals surface area contributed by atoms with E-state index < -0.39 is 0 Å². The number of amides is 1.